The summed E-state index contributed by atoms with van der Waals surface area (Å²) in [6, 6.07) is 6.55. The summed E-state index contributed by atoms with van der Waals surface area (Å²) in [5.41, 5.74) is 0.890. The molecule has 1 unspecified atom stereocenters. The fraction of sp³-hybridized carbons (Fsp3) is 0.357. The Labute approximate surface area is 112 Å². The number of hydrogen-bond acceptors (Lipinski definition) is 3. The van der Waals surface area contributed by atoms with Crippen LogP contribution in [0.25, 0.3) is 0 Å². The van der Waals surface area contributed by atoms with E-state index in [0.29, 0.717) is 6.61 Å². The van der Waals surface area contributed by atoms with Gasteiger partial charge in [-0.1, -0.05) is 12.1 Å². The molecular formula is C14H18FN3O. The molecule has 1 aromatic carbocycles. The summed E-state index contributed by atoms with van der Waals surface area (Å²) in [4.78, 5) is 4.26. The number of rotatable bonds is 6. The molecule has 5 heteroatoms. The molecule has 0 fully saturated rings. The van der Waals surface area contributed by atoms with E-state index in [9.17, 15) is 4.39 Å². The molecule has 2 rings (SSSR count). The normalized spacial score (nSPS) is 12.4. The highest BCUT2D eigenvalue weighted by Crippen LogP contribution is 2.18. The van der Waals surface area contributed by atoms with E-state index < -0.39 is 0 Å². The molecule has 0 saturated carbocycles. The highest BCUT2D eigenvalue weighted by molar-refractivity contribution is 5.32. The molecule has 0 saturated heterocycles. The highest BCUT2D eigenvalue weighted by Gasteiger charge is 2.09. The maximum Gasteiger partial charge on any atom is 0.203 e. The zero-order valence-corrected chi connectivity index (χ0v) is 11.1. The molecule has 1 N–H and O–H groups in total. The molecule has 0 aliphatic carbocycles. The van der Waals surface area contributed by atoms with Gasteiger partial charge in [0.15, 0.2) is 0 Å². The molecule has 0 aliphatic rings. The smallest absolute Gasteiger partial charge is 0.203 e. The Kier molecular flexibility index (Phi) is 4.52. The second-order valence-corrected chi connectivity index (χ2v) is 4.36. The van der Waals surface area contributed by atoms with Gasteiger partial charge in [0.25, 0.3) is 0 Å². The van der Waals surface area contributed by atoms with Crippen LogP contribution >= 0.6 is 0 Å². The molecule has 4 nitrogen and oxygen atoms in total. The summed E-state index contributed by atoms with van der Waals surface area (Å²) in [6.07, 6.45) is 3.62. The zero-order chi connectivity index (χ0) is 13.7. The van der Waals surface area contributed by atoms with E-state index in [1.807, 2.05) is 23.8 Å². The van der Waals surface area contributed by atoms with E-state index in [1.54, 1.807) is 19.4 Å². The average molecular weight is 263 g/mol. The largest absolute Gasteiger partial charge is 0.383 e. The van der Waals surface area contributed by atoms with Gasteiger partial charge >= 0.3 is 0 Å². The predicted molar refractivity (Wildman–Crippen MR) is 72.5 cm³/mol. The summed E-state index contributed by atoms with van der Waals surface area (Å²) in [7, 11) is 1.67. The Morgan fingerprint density at radius 1 is 1.47 bits per heavy atom. The Morgan fingerprint density at radius 2 is 2.32 bits per heavy atom. The minimum atomic E-state index is -0.228. The van der Waals surface area contributed by atoms with Crippen LogP contribution in [-0.2, 0) is 11.3 Å². The summed E-state index contributed by atoms with van der Waals surface area (Å²) in [5.74, 6) is 0.530. The SMILES string of the molecule is COCCn1ccnc1NC(C)c1cccc(F)c1. The first-order valence-electron chi connectivity index (χ1n) is 6.23. The van der Waals surface area contributed by atoms with E-state index in [-0.39, 0.29) is 11.9 Å². The molecule has 1 atom stereocenters. The van der Waals surface area contributed by atoms with Crippen molar-refractivity contribution in [2.45, 2.75) is 19.5 Å². The van der Waals surface area contributed by atoms with Crippen molar-refractivity contribution >= 4 is 5.95 Å². The van der Waals surface area contributed by atoms with Gasteiger partial charge in [-0.25, -0.2) is 9.37 Å². The first-order chi connectivity index (χ1) is 9.20. The van der Waals surface area contributed by atoms with Crippen LogP contribution in [0.3, 0.4) is 0 Å². The fourth-order valence-electron chi connectivity index (χ4n) is 1.87. The first-order valence-corrected chi connectivity index (χ1v) is 6.23. The fourth-order valence-corrected chi connectivity index (χ4v) is 1.87. The molecule has 102 valence electrons. The average Bonchev–Trinajstić information content (AvgIpc) is 2.83. The number of nitrogens with one attached hydrogen (secondary N) is 1. The molecule has 0 spiro atoms. The van der Waals surface area contributed by atoms with Gasteiger partial charge in [0, 0.05) is 26.0 Å². The first kappa shape index (κ1) is 13.5. The Hall–Kier alpha value is -1.88. The highest BCUT2D eigenvalue weighted by atomic mass is 19.1. The molecule has 0 bridgehead atoms. The Balaban J connectivity index is 2.06. The molecule has 1 aromatic heterocycles. The summed E-state index contributed by atoms with van der Waals surface area (Å²) in [6.45, 7) is 3.33. The second kappa shape index (κ2) is 6.33. The minimum absolute atomic E-state index is 0.0144. The van der Waals surface area contributed by atoms with E-state index >= 15 is 0 Å². The second-order valence-electron chi connectivity index (χ2n) is 4.36. The third-order valence-electron chi connectivity index (χ3n) is 2.95. The topological polar surface area (TPSA) is 39.1 Å². The van der Waals surface area contributed by atoms with Crippen LogP contribution < -0.4 is 5.32 Å². The maximum atomic E-state index is 13.2. The van der Waals surface area contributed by atoms with Gasteiger partial charge in [0.05, 0.1) is 12.6 Å². The number of aromatic nitrogens is 2. The lowest BCUT2D eigenvalue weighted by Crippen LogP contribution is -2.13. The lowest BCUT2D eigenvalue weighted by Gasteiger charge is -2.16. The lowest BCUT2D eigenvalue weighted by atomic mass is 10.1. The van der Waals surface area contributed by atoms with Crippen LogP contribution in [0, 0.1) is 5.82 Å². The number of benzene rings is 1. The van der Waals surface area contributed by atoms with Crippen LogP contribution in [0.15, 0.2) is 36.7 Å². The predicted octanol–water partition coefficient (Wildman–Crippen LogP) is 2.84. The van der Waals surface area contributed by atoms with Crippen molar-refractivity contribution in [1.29, 1.82) is 0 Å². The number of ether oxygens (including phenoxy) is 1. The van der Waals surface area contributed by atoms with Crippen molar-refractivity contribution in [3.8, 4) is 0 Å². The maximum absolute atomic E-state index is 13.2. The number of halogens is 1. The third-order valence-corrected chi connectivity index (χ3v) is 2.95. The van der Waals surface area contributed by atoms with Crippen LogP contribution in [0.4, 0.5) is 10.3 Å². The molecular weight excluding hydrogens is 245 g/mol. The van der Waals surface area contributed by atoms with E-state index in [1.165, 1.54) is 12.1 Å². The van der Waals surface area contributed by atoms with Gasteiger partial charge in [-0.2, -0.15) is 0 Å². The van der Waals surface area contributed by atoms with Gasteiger partial charge < -0.3 is 14.6 Å². The zero-order valence-electron chi connectivity index (χ0n) is 11.1. The van der Waals surface area contributed by atoms with Gasteiger partial charge in [0.1, 0.15) is 5.82 Å². The van der Waals surface area contributed by atoms with Gasteiger partial charge in [-0.3, -0.25) is 0 Å². The van der Waals surface area contributed by atoms with E-state index in [2.05, 4.69) is 10.3 Å². The standard InChI is InChI=1S/C14H18FN3O/c1-11(12-4-3-5-13(15)10-12)17-14-16-6-7-18(14)8-9-19-2/h3-7,10-11H,8-9H2,1-2H3,(H,16,17). The van der Waals surface area contributed by atoms with Crippen LogP contribution in [0.2, 0.25) is 0 Å². The number of hydrogen-bond donors (Lipinski definition) is 1. The van der Waals surface area contributed by atoms with Crippen molar-refractivity contribution < 1.29 is 9.13 Å². The quantitative estimate of drug-likeness (QED) is 0.871. The molecule has 0 aliphatic heterocycles. The van der Waals surface area contributed by atoms with Gasteiger partial charge in [0.2, 0.25) is 5.95 Å². The van der Waals surface area contributed by atoms with Crippen LogP contribution in [0.1, 0.15) is 18.5 Å². The van der Waals surface area contributed by atoms with Crippen molar-refractivity contribution in [3.63, 3.8) is 0 Å². The van der Waals surface area contributed by atoms with E-state index in [4.69, 9.17) is 4.74 Å². The Bertz CT molecular complexity index is 527. The van der Waals surface area contributed by atoms with Crippen molar-refractivity contribution in [2.24, 2.45) is 0 Å². The molecule has 0 radical (unpaired) electrons. The molecule has 1 heterocycles. The van der Waals surface area contributed by atoms with Crippen LogP contribution in [-0.4, -0.2) is 23.3 Å². The number of imidazole rings is 1. The third kappa shape index (κ3) is 3.54. The summed E-state index contributed by atoms with van der Waals surface area (Å²) < 4.78 is 20.2. The monoisotopic (exact) mass is 263 g/mol. The van der Waals surface area contributed by atoms with Crippen molar-refractivity contribution in [1.82, 2.24) is 9.55 Å². The summed E-state index contributed by atoms with van der Waals surface area (Å²) >= 11 is 0. The number of anilines is 1. The molecule has 2 aromatic rings. The number of nitrogens with zero attached hydrogens (tertiary/aromatic N) is 2. The number of methoxy groups -OCH3 is 1. The molecule has 0 amide bonds. The van der Waals surface area contributed by atoms with E-state index in [0.717, 1.165) is 18.1 Å². The summed E-state index contributed by atoms with van der Waals surface area (Å²) in [5, 5.41) is 3.27. The van der Waals surface area contributed by atoms with Crippen molar-refractivity contribution in [2.75, 3.05) is 19.0 Å². The van der Waals surface area contributed by atoms with Crippen LogP contribution in [0.5, 0.6) is 0 Å². The van der Waals surface area contributed by atoms with Gasteiger partial charge in [-0.15, -0.1) is 0 Å². The Morgan fingerprint density at radius 3 is 3.05 bits per heavy atom. The lowest BCUT2D eigenvalue weighted by molar-refractivity contribution is 0.187. The minimum Gasteiger partial charge on any atom is -0.383 e. The van der Waals surface area contributed by atoms with Gasteiger partial charge in [-0.05, 0) is 24.6 Å². The van der Waals surface area contributed by atoms with Crippen molar-refractivity contribution in [3.05, 3.63) is 48.0 Å². The molecule has 19 heavy (non-hydrogen) atoms.